The van der Waals surface area contributed by atoms with Gasteiger partial charge in [-0.2, -0.15) is 5.26 Å². The highest BCUT2D eigenvalue weighted by molar-refractivity contribution is 6.32. The molecule has 0 atom stereocenters. The number of nitrogens with zero attached hydrogens (tertiary/aromatic N) is 1. The molecule has 0 aliphatic heterocycles. The Labute approximate surface area is 110 Å². The summed E-state index contributed by atoms with van der Waals surface area (Å²) in [6.45, 7) is 0.353. The van der Waals surface area contributed by atoms with Crippen LogP contribution in [0.2, 0.25) is 5.02 Å². The van der Waals surface area contributed by atoms with Gasteiger partial charge >= 0.3 is 0 Å². The molecule has 0 amide bonds. The van der Waals surface area contributed by atoms with E-state index in [0.29, 0.717) is 17.4 Å². The van der Waals surface area contributed by atoms with Crippen molar-refractivity contribution < 1.29 is 9.84 Å². The summed E-state index contributed by atoms with van der Waals surface area (Å²) < 4.78 is 5.50. The van der Waals surface area contributed by atoms with Crippen LogP contribution in [0.5, 0.6) is 11.5 Å². The standard InChI is InChI=1S/C14H10ClNO2/c15-12-6-11(8-16)13(17)7-14(12)18-9-10-4-2-1-3-5-10/h1-7,17H,9H2. The first-order valence-corrected chi connectivity index (χ1v) is 5.68. The van der Waals surface area contributed by atoms with E-state index in [-0.39, 0.29) is 11.3 Å². The number of hydrogen-bond acceptors (Lipinski definition) is 3. The van der Waals surface area contributed by atoms with E-state index in [0.717, 1.165) is 5.56 Å². The van der Waals surface area contributed by atoms with Gasteiger partial charge < -0.3 is 9.84 Å². The fourth-order valence-corrected chi connectivity index (χ4v) is 1.70. The van der Waals surface area contributed by atoms with Crippen molar-refractivity contribution in [2.45, 2.75) is 6.61 Å². The van der Waals surface area contributed by atoms with Gasteiger partial charge in [0.2, 0.25) is 0 Å². The summed E-state index contributed by atoms with van der Waals surface area (Å²) in [6, 6.07) is 14.2. The topological polar surface area (TPSA) is 53.2 Å². The van der Waals surface area contributed by atoms with E-state index in [1.807, 2.05) is 36.4 Å². The third-order valence-corrected chi connectivity index (χ3v) is 2.70. The van der Waals surface area contributed by atoms with Crippen LogP contribution in [0.3, 0.4) is 0 Å². The predicted octanol–water partition coefficient (Wildman–Crippen LogP) is 3.50. The van der Waals surface area contributed by atoms with Gasteiger partial charge in [0.05, 0.1) is 10.6 Å². The van der Waals surface area contributed by atoms with Gasteiger partial charge in [-0.15, -0.1) is 0 Å². The summed E-state index contributed by atoms with van der Waals surface area (Å²) in [4.78, 5) is 0. The van der Waals surface area contributed by atoms with E-state index in [1.54, 1.807) is 0 Å². The van der Waals surface area contributed by atoms with Crippen molar-refractivity contribution in [3.63, 3.8) is 0 Å². The van der Waals surface area contributed by atoms with E-state index >= 15 is 0 Å². The summed E-state index contributed by atoms with van der Waals surface area (Å²) in [6.07, 6.45) is 0. The Bertz CT molecular complexity index is 591. The number of hydrogen-bond donors (Lipinski definition) is 1. The third-order valence-electron chi connectivity index (χ3n) is 2.41. The summed E-state index contributed by atoms with van der Waals surface area (Å²) in [5.74, 6) is 0.224. The second-order valence-corrected chi connectivity index (χ2v) is 4.09. The lowest BCUT2D eigenvalue weighted by atomic mass is 10.2. The van der Waals surface area contributed by atoms with E-state index in [4.69, 9.17) is 21.6 Å². The SMILES string of the molecule is N#Cc1cc(Cl)c(OCc2ccccc2)cc1O. The van der Waals surface area contributed by atoms with Gasteiger partial charge in [-0.3, -0.25) is 0 Å². The van der Waals surface area contributed by atoms with Gasteiger partial charge in [0, 0.05) is 6.07 Å². The monoisotopic (exact) mass is 259 g/mol. The minimum atomic E-state index is -0.134. The van der Waals surface area contributed by atoms with Crippen molar-refractivity contribution in [1.29, 1.82) is 5.26 Å². The lowest BCUT2D eigenvalue weighted by molar-refractivity contribution is 0.304. The molecular weight excluding hydrogens is 250 g/mol. The van der Waals surface area contributed by atoms with Gasteiger partial charge in [-0.1, -0.05) is 41.9 Å². The average molecular weight is 260 g/mol. The normalized spacial score (nSPS) is 9.78. The van der Waals surface area contributed by atoms with E-state index < -0.39 is 0 Å². The van der Waals surface area contributed by atoms with Crippen molar-refractivity contribution in [3.8, 4) is 17.6 Å². The summed E-state index contributed by atoms with van der Waals surface area (Å²) >= 11 is 5.96. The van der Waals surface area contributed by atoms with Crippen LogP contribution in [0, 0.1) is 11.3 Å². The Hall–Kier alpha value is -2.18. The molecule has 18 heavy (non-hydrogen) atoms. The Morgan fingerprint density at radius 3 is 2.61 bits per heavy atom. The highest BCUT2D eigenvalue weighted by Crippen LogP contribution is 2.32. The molecule has 0 fully saturated rings. The Kier molecular flexibility index (Phi) is 3.71. The molecule has 1 N–H and O–H groups in total. The number of benzene rings is 2. The van der Waals surface area contributed by atoms with Crippen molar-refractivity contribution in [2.24, 2.45) is 0 Å². The highest BCUT2D eigenvalue weighted by atomic mass is 35.5. The number of rotatable bonds is 3. The number of nitriles is 1. The Morgan fingerprint density at radius 2 is 1.94 bits per heavy atom. The van der Waals surface area contributed by atoms with Crippen molar-refractivity contribution in [3.05, 3.63) is 58.6 Å². The zero-order valence-corrected chi connectivity index (χ0v) is 10.2. The molecule has 2 rings (SSSR count). The molecule has 0 spiro atoms. The van der Waals surface area contributed by atoms with Gasteiger partial charge in [0.15, 0.2) is 0 Å². The molecule has 0 aliphatic rings. The van der Waals surface area contributed by atoms with Gasteiger partial charge in [0.1, 0.15) is 24.2 Å². The molecule has 0 unspecified atom stereocenters. The first kappa shape index (κ1) is 12.3. The zero-order chi connectivity index (χ0) is 13.0. The Morgan fingerprint density at radius 1 is 1.22 bits per heavy atom. The molecule has 4 heteroatoms. The molecule has 0 radical (unpaired) electrons. The fourth-order valence-electron chi connectivity index (χ4n) is 1.48. The molecule has 2 aromatic carbocycles. The van der Waals surface area contributed by atoms with Crippen LogP contribution in [0.1, 0.15) is 11.1 Å². The van der Waals surface area contributed by atoms with Crippen LogP contribution in [0.25, 0.3) is 0 Å². The van der Waals surface area contributed by atoms with E-state index in [1.165, 1.54) is 12.1 Å². The molecule has 90 valence electrons. The first-order valence-electron chi connectivity index (χ1n) is 5.30. The minimum Gasteiger partial charge on any atom is -0.506 e. The largest absolute Gasteiger partial charge is 0.506 e. The fraction of sp³-hybridized carbons (Fsp3) is 0.0714. The van der Waals surface area contributed by atoms with Crippen LogP contribution >= 0.6 is 11.6 Å². The third kappa shape index (κ3) is 2.73. The van der Waals surface area contributed by atoms with Gasteiger partial charge in [-0.25, -0.2) is 0 Å². The van der Waals surface area contributed by atoms with E-state index in [2.05, 4.69) is 0 Å². The molecule has 0 bridgehead atoms. The smallest absolute Gasteiger partial charge is 0.142 e. The predicted molar refractivity (Wildman–Crippen MR) is 68.6 cm³/mol. The van der Waals surface area contributed by atoms with Crippen LogP contribution in [-0.4, -0.2) is 5.11 Å². The van der Waals surface area contributed by atoms with Gasteiger partial charge in [0.25, 0.3) is 0 Å². The van der Waals surface area contributed by atoms with Crippen molar-refractivity contribution >= 4 is 11.6 Å². The van der Waals surface area contributed by atoms with Crippen molar-refractivity contribution in [1.82, 2.24) is 0 Å². The zero-order valence-electron chi connectivity index (χ0n) is 9.43. The number of halogens is 1. The summed E-state index contributed by atoms with van der Waals surface area (Å²) in [7, 11) is 0. The quantitative estimate of drug-likeness (QED) is 0.918. The molecule has 3 nitrogen and oxygen atoms in total. The molecule has 0 aromatic heterocycles. The first-order chi connectivity index (χ1) is 8.70. The Balaban J connectivity index is 2.16. The highest BCUT2D eigenvalue weighted by Gasteiger charge is 2.08. The van der Waals surface area contributed by atoms with Crippen LogP contribution in [-0.2, 0) is 6.61 Å². The summed E-state index contributed by atoms with van der Waals surface area (Å²) in [5.41, 5.74) is 1.13. The van der Waals surface area contributed by atoms with E-state index in [9.17, 15) is 5.11 Å². The maximum Gasteiger partial charge on any atom is 0.142 e. The lowest BCUT2D eigenvalue weighted by Gasteiger charge is -2.09. The minimum absolute atomic E-state index is 0.132. The van der Waals surface area contributed by atoms with Crippen molar-refractivity contribution in [2.75, 3.05) is 0 Å². The van der Waals surface area contributed by atoms with Crippen LogP contribution in [0.15, 0.2) is 42.5 Å². The molecule has 0 heterocycles. The molecular formula is C14H10ClNO2. The second kappa shape index (κ2) is 5.44. The molecule has 2 aromatic rings. The molecule has 0 saturated heterocycles. The average Bonchev–Trinajstić information content (AvgIpc) is 2.40. The molecule has 0 aliphatic carbocycles. The van der Waals surface area contributed by atoms with Gasteiger partial charge in [-0.05, 0) is 11.6 Å². The van der Waals surface area contributed by atoms with Crippen LogP contribution < -0.4 is 4.74 Å². The summed E-state index contributed by atoms with van der Waals surface area (Å²) in [5, 5.41) is 18.6. The molecule has 0 saturated carbocycles. The van der Waals surface area contributed by atoms with Crippen LogP contribution in [0.4, 0.5) is 0 Å². The number of phenolic OH excluding ortho intramolecular Hbond substituents is 1. The lowest BCUT2D eigenvalue weighted by Crippen LogP contribution is -1.96. The number of aromatic hydroxyl groups is 1. The number of ether oxygens (including phenoxy) is 1. The maximum absolute atomic E-state index is 9.55. The maximum atomic E-state index is 9.55. The number of phenols is 1. The second-order valence-electron chi connectivity index (χ2n) is 3.69.